The van der Waals surface area contributed by atoms with E-state index in [1.807, 2.05) is 6.92 Å². The fourth-order valence-electron chi connectivity index (χ4n) is 3.89. The fraction of sp³-hybridized carbons (Fsp3) is 0.600. The molecule has 13 heteroatoms. The van der Waals surface area contributed by atoms with Gasteiger partial charge in [0.2, 0.25) is 0 Å². The number of hydrogen-bond donors (Lipinski definition) is 0. The molecule has 2 aromatic heterocycles. The van der Waals surface area contributed by atoms with E-state index in [4.69, 9.17) is 4.18 Å². The van der Waals surface area contributed by atoms with Crippen LogP contribution < -0.4 is 0 Å². The van der Waals surface area contributed by atoms with Crippen LogP contribution in [0.2, 0.25) is 0 Å². The largest absolute Gasteiger partial charge is 0.469 e. The number of hydrogen-bond acceptors (Lipinski definition) is 9. The molecule has 1 unspecified atom stereocenters. The van der Waals surface area contributed by atoms with Crippen molar-refractivity contribution in [2.24, 2.45) is 13.0 Å². The number of ether oxygens (including phenoxy) is 1. The average molecular weight is 488 g/mol. The smallest absolute Gasteiger partial charge is 0.310 e. The Kier molecular flexibility index (Phi) is 7.44. The second-order valence-corrected chi connectivity index (χ2v) is 9.72. The number of aromatic nitrogens is 4. The third-order valence-corrected chi connectivity index (χ3v) is 5.95. The summed E-state index contributed by atoms with van der Waals surface area (Å²) in [5.74, 6) is -4.53. The minimum absolute atomic E-state index is 0.171. The summed E-state index contributed by atoms with van der Waals surface area (Å²) in [5.41, 5.74) is 2.70. The normalized spacial score (nSPS) is 18.9. The first-order chi connectivity index (χ1) is 15.4. The summed E-state index contributed by atoms with van der Waals surface area (Å²) in [6, 6.07) is 3.46. The topological polar surface area (TPSA) is 117 Å². The molecule has 10 nitrogen and oxygen atoms in total. The summed E-state index contributed by atoms with van der Waals surface area (Å²) < 4.78 is 62.2. The van der Waals surface area contributed by atoms with Crippen molar-refractivity contribution in [2.75, 3.05) is 26.5 Å². The molecule has 0 radical (unpaired) electrons. The van der Waals surface area contributed by atoms with Gasteiger partial charge in [-0.05, 0) is 18.1 Å². The highest BCUT2D eigenvalue weighted by Crippen LogP contribution is 2.32. The van der Waals surface area contributed by atoms with Crippen molar-refractivity contribution in [1.82, 2.24) is 24.9 Å². The molecular weight excluding hydrogens is 460 g/mol. The predicted molar refractivity (Wildman–Crippen MR) is 114 cm³/mol. The Morgan fingerprint density at radius 3 is 2.70 bits per heavy atom. The van der Waals surface area contributed by atoms with Gasteiger partial charge in [-0.15, -0.1) is 5.10 Å². The summed E-state index contributed by atoms with van der Waals surface area (Å²) >= 11 is 0. The third-order valence-electron chi connectivity index (χ3n) is 5.41. The van der Waals surface area contributed by atoms with Crippen LogP contribution in [0.15, 0.2) is 12.1 Å². The van der Waals surface area contributed by atoms with Crippen molar-refractivity contribution >= 4 is 16.1 Å². The van der Waals surface area contributed by atoms with Crippen molar-refractivity contribution in [2.45, 2.75) is 38.8 Å². The molecule has 0 aromatic carbocycles. The van der Waals surface area contributed by atoms with Crippen LogP contribution >= 0.6 is 0 Å². The lowest BCUT2D eigenvalue weighted by Gasteiger charge is -2.36. The van der Waals surface area contributed by atoms with Gasteiger partial charge in [0.25, 0.3) is 16.0 Å². The quantitative estimate of drug-likeness (QED) is 0.404. The molecule has 1 atom stereocenters. The van der Waals surface area contributed by atoms with Gasteiger partial charge in [-0.3, -0.25) is 18.9 Å². The molecule has 1 aliphatic rings. The van der Waals surface area contributed by atoms with Crippen LogP contribution in [0.4, 0.5) is 8.78 Å². The Morgan fingerprint density at radius 1 is 1.33 bits per heavy atom. The standard InChI is InChI=1S/C20H27F2N5O5S/c1-5-15-13(9-27-10-14(19(28)31-3)8-20(21,22)12-27)6-7-16(23-15)18-17(26(2)25-24-18)11-32-33(4,29)30/h6-7,14H,5,8-12H2,1-4H3. The van der Waals surface area contributed by atoms with Crippen LogP contribution in [0.25, 0.3) is 11.4 Å². The molecule has 0 bridgehead atoms. The van der Waals surface area contributed by atoms with Crippen LogP contribution in [0.5, 0.6) is 0 Å². The number of methoxy groups -OCH3 is 1. The third kappa shape index (κ3) is 6.30. The fourth-order valence-corrected chi connectivity index (χ4v) is 4.22. The van der Waals surface area contributed by atoms with Crippen LogP contribution in [-0.2, 0) is 50.5 Å². The molecule has 1 aliphatic heterocycles. The number of likely N-dealkylation sites (tertiary alicyclic amines) is 1. The zero-order chi connectivity index (χ0) is 24.4. The summed E-state index contributed by atoms with van der Waals surface area (Å²) in [7, 11) is -0.858. The van der Waals surface area contributed by atoms with Crippen LogP contribution in [0.3, 0.4) is 0 Å². The lowest BCUT2D eigenvalue weighted by molar-refractivity contribution is -0.157. The molecule has 3 rings (SSSR count). The lowest BCUT2D eigenvalue weighted by Crippen LogP contribution is -2.49. The summed E-state index contributed by atoms with van der Waals surface area (Å²) in [4.78, 5) is 18.0. The van der Waals surface area contributed by atoms with E-state index >= 15 is 0 Å². The predicted octanol–water partition coefficient (Wildman–Crippen LogP) is 1.55. The molecule has 0 aliphatic carbocycles. The molecule has 0 amide bonds. The van der Waals surface area contributed by atoms with E-state index in [1.54, 1.807) is 19.2 Å². The van der Waals surface area contributed by atoms with E-state index in [0.29, 0.717) is 29.2 Å². The van der Waals surface area contributed by atoms with E-state index in [1.165, 1.54) is 16.7 Å². The summed E-state index contributed by atoms with van der Waals surface area (Å²) in [6.45, 7) is 1.55. The number of esters is 1. The molecule has 1 fully saturated rings. The van der Waals surface area contributed by atoms with Crippen molar-refractivity contribution in [1.29, 1.82) is 0 Å². The highest BCUT2D eigenvalue weighted by atomic mass is 32.2. The van der Waals surface area contributed by atoms with Gasteiger partial charge in [-0.1, -0.05) is 18.2 Å². The number of carbonyl (C=O) groups is 1. The molecule has 2 aromatic rings. The van der Waals surface area contributed by atoms with Crippen molar-refractivity contribution < 1.29 is 30.9 Å². The maximum Gasteiger partial charge on any atom is 0.310 e. The first-order valence-corrected chi connectivity index (χ1v) is 12.1. The minimum Gasteiger partial charge on any atom is -0.469 e. The van der Waals surface area contributed by atoms with Gasteiger partial charge < -0.3 is 4.74 Å². The van der Waals surface area contributed by atoms with Gasteiger partial charge in [0, 0.05) is 32.3 Å². The number of piperidine rings is 1. The van der Waals surface area contributed by atoms with Crippen molar-refractivity contribution in [3.05, 3.63) is 29.1 Å². The Balaban J connectivity index is 1.85. The molecule has 1 saturated heterocycles. The van der Waals surface area contributed by atoms with E-state index in [-0.39, 0.29) is 19.7 Å². The second kappa shape index (κ2) is 9.77. The van der Waals surface area contributed by atoms with Crippen LogP contribution in [-0.4, -0.2) is 71.6 Å². The van der Waals surface area contributed by atoms with E-state index in [2.05, 4.69) is 20.0 Å². The van der Waals surface area contributed by atoms with Crippen molar-refractivity contribution in [3.8, 4) is 11.4 Å². The number of halogens is 2. The zero-order valence-corrected chi connectivity index (χ0v) is 19.7. The highest BCUT2D eigenvalue weighted by Gasteiger charge is 2.43. The van der Waals surface area contributed by atoms with Gasteiger partial charge in [-0.25, -0.2) is 13.5 Å². The van der Waals surface area contributed by atoms with Crippen molar-refractivity contribution in [3.63, 3.8) is 0 Å². The first-order valence-electron chi connectivity index (χ1n) is 10.3. The van der Waals surface area contributed by atoms with Crippen LogP contribution in [0.1, 0.15) is 30.3 Å². The Bertz CT molecular complexity index is 1120. The van der Waals surface area contributed by atoms with E-state index in [0.717, 1.165) is 11.8 Å². The summed E-state index contributed by atoms with van der Waals surface area (Å²) in [6.07, 6.45) is 0.954. The van der Waals surface area contributed by atoms with Gasteiger partial charge >= 0.3 is 5.97 Å². The number of alkyl halides is 2. The SMILES string of the molecule is CCc1nc(-c2nnn(C)c2COS(C)(=O)=O)ccc1CN1CC(C(=O)OC)CC(F)(F)C1. The zero-order valence-electron chi connectivity index (χ0n) is 18.9. The average Bonchev–Trinajstić information content (AvgIpc) is 3.10. The van der Waals surface area contributed by atoms with Gasteiger partial charge in [0.1, 0.15) is 12.3 Å². The Morgan fingerprint density at radius 2 is 2.06 bits per heavy atom. The number of aryl methyl sites for hydroxylation is 2. The number of rotatable bonds is 8. The molecule has 33 heavy (non-hydrogen) atoms. The van der Waals surface area contributed by atoms with E-state index in [9.17, 15) is 22.0 Å². The maximum atomic E-state index is 14.2. The number of nitrogens with zero attached hydrogens (tertiary/aromatic N) is 5. The summed E-state index contributed by atoms with van der Waals surface area (Å²) in [5, 5.41) is 8.01. The Hall–Kier alpha value is -2.51. The maximum absolute atomic E-state index is 14.2. The lowest BCUT2D eigenvalue weighted by atomic mass is 9.94. The molecule has 0 N–H and O–H groups in total. The van der Waals surface area contributed by atoms with Crippen LogP contribution in [0, 0.1) is 5.92 Å². The number of pyridine rings is 1. The van der Waals surface area contributed by atoms with E-state index < -0.39 is 40.9 Å². The molecule has 182 valence electrons. The second-order valence-electron chi connectivity index (χ2n) is 8.08. The molecule has 3 heterocycles. The van der Waals surface area contributed by atoms with Gasteiger partial charge in [0.05, 0.1) is 37.2 Å². The minimum atomic E-state index is -3.66. The molecule has 0 saturated carbocycles. The monoisotopic (exact) mass is 487 g/mol. The molecule has 0 spiro atoms. The number of carbonyl (C=O) groups excluding carboxylic acids is 1. The Labute approximate surface area is 191 Å². The van der Waals surface area contributed by atoms with Gasteiger partial charge in [-0.2, -0.15) is 8.42 Å². The highest BCUT2D eigenvalue weighted by molar-refractivity contribution is 7.85. The molecular formula is C20H27F2N5O5S. The van der Waals surface area contributed by atoms with Gasteiger partial charge in [0.15, 0.2) is 0 Å². The first kappa shape index (κ1) is 25.1.